The summed E-state index contributed by atoms with van der Waals surface area (Å²) in [6.45, 7) is 2.64. The van der Waals surface area contributed by atoms with Gasteiger partial charge < -0.3 is 15.3 Å². The van der Waals surface area contributed by atoms with E-state index in [-0.39, 0.29) is 24.2 Å². The van der Waals surface area contributed by atoms with Crippen molar-refractivity contribution in [3.05, 3.63) is 33.8 Å². The Morgan fingerprint density at radius 1 is 1.29 bits per heavy atom. The molecule has 0 aromatic heterocycles. The van der Waals surface area contributed by atoms with Crippen molar-refractivity contribution in [2.24, 2.45) is 5.92 Å². The minimum absolute atomic E-state index is 0.181. The highest BCUT2D eigenvalue weighted by Crippen LogP contribution is 2.35. The second kappa shape index (κ2) is 11.5. The molecule has 1 aliphatic rings. The molecule has 1 aliphatic heterocycles. The smallest absolute Gasteiger partial charge is 0.339 e. The third kappa shape index (κ3) is 6.57. The van der Waals surface area contributed by atoms with E-state index >= 15 is 0 Å². The number of carbonyl (C=O) groups excluding carboxylic acids is 2. The summed E-state index contributed by atoms with van der Waals surface area (Å²) in [6, 6.07) is 3.66. The number of carboxylic acid groups (broad SMARTS) is 1. The van der Waals surface area contributed by atoms with Crippen LogP contribution in [0.3, 0.4) is 0 Å². The summed E-state index contributed by atoms with van der Waals surface area (Å²) in [5.41, 5.74) is 0.654. The molecule has 31 heavy (non-hydrogen) atoms. The fraction of sp³-hybridized carbons (Fsp3) is 0.476. The number of thiol groups is 1. The van der Waals surface area contributed by atoms with E-state index in [4.69, 9.17) is 23.2 Å². The van der Waals surface area contributed by atoms with Crippen LogP contribution in [0.2, 0.25) is 10.0 Å². The van der Waals surface area contributed by atoms with Crippen molar-refractivity contribution in [3.63, 3.8) is 0 Å². The Labute approximate surface area is 202 Å². The second-order valence-electron chi connectivity index (χ2n) is 7.32. The number of likely N-dealkylation sites (tertiary alicyclic amines) is 1. The fourth-order valence-electron chi connectivity index (χ4n) is 3.35. The lowest BCUT2D eigenvalue weighted by molar-refractivity contribution is -0.144. The molecule has 1 unspecified atom stereocenters. The van der Waals surface area contributed by atoms with E-state index < -0.39 is 10.8 Å². The van der Waals surface area contributed by atoms with E-state index in [1.54, 1.807) is 11.0 Å². The molecular formula is C21H26Cl2N2O4S2. The van der Waals surface area contributed by atoms with Crippen molar-refractivity contribution < 1.29 is 19.5 Å². The van der Waals surface area contributed by atoms with Crippen molar-refractivity contribution in [2.75, 3.05) is 19.3 Å². The maximum absolute atomic E-state index is 12.5. The molecule has 0 bridgehead atoms. The van der Waals surface area contributed by atoms with Crippen LogP contribution in [0.1, 0.15) is 38.2 Å². The van der Waals surface area contributed by atoms with E-state index in [0.717, 1.165) is 4.90 Å². The summed E-state index contributed by atoms with van der Waals surface area (Å²) in [6.07, 6.45) is 6.69. The minimum atomic E-state index is -1.58. The summed E-state index contributed by atoms with van der Waals surface area (Å²) in [4.78, 5) is 37.5. The van der Waals surface area contributed by atoms with E-state index in [9.17, 15) is 19.5 Å². The average molecular weight is 505 g/mol. The SMILES string of the molecule is CCCC(S)(NC(=O)C1CCN(C(=O)C=Cc2ccc(SC)c(Cl)c2Cl)CC1)C(=O)O. The first kappa shape index (κ1) is 25.9. The number of benzene rings is 1. The summed E-state index contributed by atoms with van der Waals surface area (Å²) < 4.78 is 0. The number of piperidine rings is 1. The van der Waals surface area contributed by atoms with Gasteiger partial charge in [0.1, 0.15) is 0 Å². The summed E-state index contributed by atoms with van der Waals surface area (Å²) in [5, 5.41) is 12.8. The molecule has 170 valence electrons. The Hall–Kier alpha value is -1.35. The molecule has 1 aromatic rings. The first-order valence-corrected chi connectivity index (χ1v) is 12.3. The first-order valence-electron chi connectivity index (χ1n) is 9.89. The number of rotatable bonds is 8. The molecule has 1 aromatic carbocycles. The van der Waals surface area contributed by atoms with Gasteiger partial charge in [0.2, 0.25) is 11.8 Å². The normalized spacial score (nSPS) is 16.9. The van der Waals surface area contributed by atoms with Crippen molar-refractivity contribution in [3.8, 4) is 0 Å². The summed E-state index contributed by atoms with van der Waals surface area (Å²) in [5.74, 6) is -2.06. The lowest BCUT2D eigenvalue weighted by Crippen LogP contribution is -2.53. The molecule has 0 spiro atoms. The Kier molecular flexibility index (Phi) is 9.61. The number of carboxylic acids is 1. The molecule has 6 nitrogen and oxygen atoms in total. The maximum Gasteiger partial charge on any atom is 0.339 e. The molecule has 1 atom stereocenters. The minimum Gasteiger partial charge on any atom is -0.479 e. The number of amides is 2. The third-order valence-corrected chi connectivity index (χ3v) is 7.49. The molecule has 1 fully saturated rings. The van der Waals surface area contributed by atoms with Crippen molar-refractivity contribution >= 4 is 71.5 Å². The number of hydrogen-bond donors (Lipinski definition) is 3. The molecule has 0 saturated carbocycles. The highest BCUT2D eigenvalue weighted by atomic mass is 35.5. The number of hydrogen-bond acceptors (Lipinski definition) is 5. The largest absolute Gasteiger partial charge is 0.479 e. The monoisotopic (exact) mass is 504 g/mol. The van der Waals surface area contributed by atoms with Gasteiger partial charge in [0.05, 0.1) is 10.0 Å². The van der Waals surface area contributed by atoms with E-state index in [1.165, 1.54) is 17.8 Å². The lowest BCUT2D eigenvalue weighted by Gasteiger charge is -2.33. The lowest BCUT2D eigenvalue weighted by atomic mass is 9.95. The van der Waals surface area contributed by atoms with E-state index in [2.05, 4.69) is 17.9 Å². The average Bonchev–Trinajstić information content (AvgIpc) is 2.74. The standard InChI is InChI=1S/C21H26Cl2N2O4S2/c1-3-10-21(30,20(28)29)24-19(27)14-8-11-25(12-9-14)16(26)7-5-13-4-6-15(31-2)18(23)17(13)22/h4-7,14,30H,3,8-12H2,1-2H3,(H,24,27)(H,28,29). The fourth-order valence-corrected chi connectivity index (χ4v) is 4.86. The van der Waals surface area contributed by atoms with Crippen LogP contribution in [-0.4, -0.2) is 52.0 Å². The number of nitrogens with zero attached hydrogens (tertiary/aromatic N) is 1. The second-order valence-corrected chi connectivity index (χ2v) is 9.69. The van der Waals surface area contributed by atoms with Crippen molar-refractivity contribution in [1.82, 2.24) is 10.2 Å². The number of aliphatic carboxylic acids is 1. The molecule has 2 rings (SSSR count). The molecule has 0 aliphatic carbocycles. The molecule has 10 heteroatoms. The number of halogens is 2. The number of carbonyl (C=O) groups is 3. The highest BCUT2D eigenvalue weighted by molar-refractivity contribution is 7.98. The van der Waals surface area contributed by atoms with Crippen LogP contribution in [0.15, 0.2) is 23.1 Å². The van der Waals surface area contributed by atoms with Crippen LogP contribution in [0.5, 0.6) is 0 Å². The molecule has 2 N–H and O–H groups in total. The zero-order valence-electron chi connectivity index (χ0n) is 17.4. The van der Waals surface area contributed by atoms with Gasteiger partial charge in [0.25, 0.3) is 0 Å². The van der Waals surface area contributed by atoms with Gasteiger partial charge in [0, 0.05) is 30.0 Å². The molecule has 1 saturated heterocycles. The van der Waals surface area contributed by atoms with Crippen LogP contribution >= 0.6 is 47.6 Å². The van der Waals surface area contributed by atoms with Crippen LogP contribution in [0.4, 0.5) is 0 Å². The van der Waals surface area contributed by atoms with Gasteiger partial charge in [-0.2, -0.15) is 0 Å². The molecular weight excluding hydrogens is 479 g/mol. The van der Waals surface area contributed by atoms with Crippen LogP contribution in [0.25, 0.3) is 6.08 Å². The number of nitrogens with one attached hydrogen (secondary N) is 1. The Balaban J connectivity index is 1.94. The summed E-state index contributed by atoms with van der Waals surface area (Å²) in [7, 11) is 0. The van der Waals surface area contributed by atoms with E-state index in [0.29, 0.717) is 48.0 Å². The topological polar surface area (TPSA) is 86.7 Å². The maximum atomic E-state index is 12.5. The van der Waals surface area contributed by atoms with Crippen LogP contribution in [0, 0.1) is 5.92 Å². The van der Waals surface area contributed by atoms with Crippen LogP contribution < -0.4 is 5.32 Å². The molecule has 0 radical (unpaired) electrons. The first-order chi connectivity index (χ1) is 14.6. The van der Waals surface area contributed by atoms with Gasteiger partial charge in [-0.15, -0.1) is 24.4 Å². The quantitative estimate of drug-likeness (QED) is 0.208. The van der Waals surface area contributed by atoms with Gasteiger partial charge in [-0.3, -0.25) is 9.59 Å². The van der Waals surface area contributed by atoms with Crippen LogP contribution in [-0.2, 0) is 14.4 Å². The third-order valence-electron chi connectivity index (χ3n) is 5.18. The number of thioether (sulfide) groups is 1. The van der Waals surface area contributed by atoms with Gasteiger partial charge in [-0.05, 0) is 43.2 Å². The van der Waals surface area contributed by atoms with Gasteiger partial charge in [0.15, 0.2) is 4.87 Å². The highest BCUT2D eigenvalue weighted by Gasteiger charge is 2.38. The molecule has 1 heterocycles. The zero-order chi connectivity index (χ0) is 23.2. The Bertz CT molecular complexity index is 873. The predicted octanol–water partition coefficient (Wildman–Crippen LogP) is 4.59. The van der Waals surface area contributed by atoms with Gasteiger partial charge >= 0.3 is 5.97 Å². The summed E-state index contributed by atoms with van der Waals surface area (Å²) >= 11 is 18.2. The van der Waals surface area contributed by atoms with Gasteiger partial charge in [-0.1, -0.05) is 42.6 Å². The van der Waals surface area contributed by atoms with Crippen molar-refractivity contribution in [2.45, 2.75) is 42.4 Å². The zero-order valence-corrected chi connectivity index (χ0v) is 20.6. The van der Waals surface area contributed by atoms with Gasteiger partial charge in [-0.25, -0.2) is 4.79 Å². The van der Waals surface area contributed by atoms with E-state index in [1.807, 2.05) is 25.3 Å². The Morgan fingerprint density at radius 2 is 1.94 bits per heavy atom. The molecule has 2 amide bonds. The van der Waals surface area contributed by atoms with Crippen molar-refractivity contribution in [1.29, 1.82) is 0 Å². The Morgan fingerprint density at radius 3 is 2.48 bits per heavy atom. The predicted molar refractivity (Wildman–Crippen MR) is 129 cm³/mol.